The van der Waals surface area contributed by atoms with Gasteiger partial charge >= 0.3 is 6.09 Å². The molecule has 2 heterocycles. The maximum absolute atomic E-state index is 12.0. The number of aryl methyl sites for hydroxylation is 1. The van der Waals surface area contributed by atoms with E-state index in [0.29, 0.717) is 5.69 Å². The highest BCUT2D eigenvalue weighted by atomic mass is 32.1. The number of aromatic nitrogens is 2. The molecule has 0 bridgehead atoms. The predicted octanol–water partition coefficient (Wildman–Crippen LogP) is 4.05. The molecule has 7 heteroatoms. The molecular weight excluding hydrogens is 302 g/mol. The van der Waals surface area contributed by atoms with Crippen LogP contribution in [0.3, 0.4) is 0 Å². The molecule has 0 radical (unpaired) electrons. The molecule has 2 aromatic heterocycles. The molecule has 1 atom stereocenters. The lowest BCUT2D eigenvalue weighted by atomic mass is 10.1. The number of fused-ring (bicyclic) bond motifs is 1. The molecule has 22 heavy (non-hydrogen) atoms. The highest BCUT2D eigenvalue weighted by Crippen LogP contribution is 2.33. The van der Waals surface area contributed by atoms with E-state index < -0.39 is 11.7 Å². The van der Waals surface area contributed by atoms with Crippen molar-refractivity contribution in [3.05, 3.63) is 16.8 Å². The molecule has 0 aliphatic carbocycles. The number of methoxy groups -OCH3 is 1. The Bertz CT molecular complexity index is 691. The second-order valence-corrected chi connectivity index (χ2v) is 7.16. The predicted molar refractivity (Wildman–Crippen MR) is 87.4 cm³/mol. The van der Waals surface area contributed by atoms with Gasteiger partial charge in [-0.25, -0.2) is 14.8 Å². The van der Waals surface area contributed by atoms with Crippen LogP contribution in [0.4, 0.5) is 10.5 Å². The van der Waals surface area contributed by atoms with Crippen LogP contribution in [0, 0.1) is 6.92 Å². The van der Waals surface area contributed by atoms with Crippen molar-refractivity contribution in [2.24, 2.45) is 0 Å². The summed E-state index contributed by atoms with van der Waals surface area (Å²) >= 11 is 1.51. The summed E-state index contributed by atoms with van der Waals surface area (Å²) in [6.07, 6.45) is 0.872. The quantitative estimate of drug-likeness (QED) is 0.922. The number of nitrogens with zero attached hydrogens (tertiary/aromatic N) is 2. The fourth-order valence-corrected chi connectivity index (χ4v) is 2.82. The molecule has 1 unspecified atom stereocenters. The van der Waals surface area contributed by atoms with Crippen molar-refractivity contribution in [1.82, 2.24) is 9.97 Å². The summed E-state index contributed by atoms with van der Waals surface area (Å²) in [6, 6.07) is 0. The first-order valence-corrected chi connectivity index (χ1v) is 7.81. The minimum Gasteiger partial charge on any atom is -0.444 e. The molecule has 0 aliphatic heterocycles. The van der Waals surface area contributed by atoms with E-state index in [1.54, 1.807) is 13.3 Å². The zero-order chi connectivity index (χ0) is 16.5. The van der Waals surface area contributed by atoms with E-state index in [1.165, 1.54) is 11.3 Å². The van der Waals surface area contributed by atoms with Crippen LogP contribution >= 0.6 is 11.3 Å². The fourth-order valence-electron chi connectivity index (χ4n) is 2.04. The van der Waals surface area contributed by atoms with Gasteiger partial charge in [-0.05, 0) is 34.6 Å². The zero-order valence-corrected chi connectivity index (χ0v) is 14.5. The van der Waals surface area contributed by atoms with E-state index in [2.05, 4.69) is 15.3 Å². The van der Waals surface area contributed by atoms with Crippen molar-refractivity contribution in [3.8, 4) is 0 Å². The number of rotatable bonds is 3. The minimum atomic E-state index is -0.564. The Kier molecular flexibility index (Phi) is 4.67. The molecule has 0 aliphatic rings. The van der Waals surface area contributed by atoms with E-state index in [9.17, 15) is 4.79 Å². The van der Waals surface area contributed by atoms with Crippen LogP contribution in [0.25, 0.3) is 10.3 Å². The lowest BCUT2D eigenvalue weighted by molar-refractivity contribution is 0.0635. The smallest absolute Gasteiger partial charge is 0.412 e. The number of carbonyl (C=O) groups is 1. The maximum atomic E-state index is 12.0. The van der Waals surface area contributed by atoms with Gasteiger partial charge in [0.05, 0.1) is 23.0 Å². The molecule has 0 fully saturated rings. The number of nitrogens with one attached hydrogen (secondary N) is 1. The van der Waals surface area contributed by atoms with Gasteiger partial charge in [0, 0.05) is 12.7 Å². The molecule has 2 rings (SSSR count). The molecule has 6 nitrogen and oxygen atoms in total. The molecule has 0 saturated heterocycles. The monoisotopic (exact) mass is 323 g/mol. The normalized spacial score (nSPS) is 13.2. The van der Waals surface area contributed by atoms with Crippen molar-refractivity contribution in [2.75, 3.05) is 12.4 Å². The Morgan fingerprint density at radius 1 is 1.41 bits per heavy atom. The molecule has 2 aromatic rings. The van der Waals surface area contributed by atoms with Gasteiger partial charge < -0.3 is 9.47 Å². The van der Waals surface area contributed by atoms with Gasteiger partial charge in [0.15, 0.2) is 0 Å². The SMILES string of the molecule is COC(C)c1c(NC(=O)OC(C)(C)C)cnc2sc(C)nc12. The lowest BCUT2D eigenvalue weighted by Crippen LogP contribution is -2.27. The third-order valence-corrected chi connectivity index (χ3v) is 3.85. The number of hydrogen-bond acceptors (Lipinski definition) is 6. The van der Waals surface area contributed by atoms with Gasteiger partial charge in [0.1, 0.15) is 15.9 Å². The molecule has 0 aromatic carbocycles. The fraction of sp³-hybridized carbons (Fsp3) is 0.533. The second kappa shape index (κ2) is 6.18. The van der Waals surface area contributed by atoms with Gasteiger partial charge in [-0.3, -0.25) is 5.32 Å². The molecule has 0 spiro atoms. The maximum Gasteiger partial charge on any atom is 0.412 e. The van der Waals surface area contributed by atoms with E-state index >= 15 is 0 Å². The summed E-state index contributed by atoms with van der Waals surface area (Å²) < 4.78 is 10.7. The molecule has 120 valence electrons. The van der Waals surface area contributed by atoms with Crippen molar-refractivity contribution in [1.29, 1.82) is 0 Å². The summed E-state index contributed by atoms with van der Waals surface area (Å²) in [6.45, 7) is 9.28. The first-order valence-electron chi connectivity index (χ1n) is 7.00. The van der Waals surface area contributed by atoms with Crippen LogP contribution in [0.1, 0.15) is 44.4 Å². The Hall–Kier alpha value is -1.73. The number of amides is 1. The Morgan fingerprint density at radius 2 is 2.09 bits per heavy atom. The number of pyridine rings is 1. The zero-order valence-electron chi connectivity index (χ0n) is 13.7. The summed E-state index contributed by atoms with van der Waals surface area (Å²) in [5, 5.41) is 3.66. The van der Waals surface area contributed by atoms with Gasteiger partial charge in [-0.15, -0.1) is 0 Å². The Balaban J connectivity index is 2.42. The van der Waals surface area contributed by atoms with Gasteiger partial charge in [-0.1, -0.05) is 11.3 Å². The number of thiazole rings is 1. The van der Waals surface area contributed by atoms with Crippen LogP contribution in [0.2, 0.25) is 0 Å². The first kappa shape index (κ1) is 16.6. The average Bonchev–Trinajstić information content (AvgIpc) is 2.75. The number of anilines is 1. The van der Waals surface area contributed by atoms with Crippen LogP contribution in [0.15, 0.2) is 6.20 Å². The summed E-state index contributed by atoms with van der Waals surface area (Å²) in [5.74, 6) is 0. The molecule has 0 saturated carbocycles. The third kappa shape index (κ3) is 3.72. The van der Waals surface area contributed by atoms with Crippen molar-refractivity contribution >= 4 is 33.5 Å². The van der Waals surface area contributed by atoms with Gasteiger partial charge in [0.25, 0.3) is 0 Å². The summed E-state index contributed by atoms with van der Waals surface area (Å²) in [7, 11) is 1.62. The molecule has 1 amide bonds. The first-order chi connectivity index (χ1) is 10.2. The summed E-state index contributed by atoms with van der Waals surface area (Å²) in [5.41, 5.74) is 1.56. The lowest BCUT2D eigenvalue weighted by Gasteiger charge is -2.21. The van der Waals surface area contributed by atoms with Crippen LogP contribution in [-0.2, 0) is 9.47 Å². The van der Waals surface area contributed by atoms with Gasteiger partial charge in [-0.2, -0.15) is 0 Å². The van der Waals surface area contributed by atoms with Crippen LogP contribution in [-0.4, -0.2) is 28.8 Å². The van der Waals surface area contributed by atoms with E-state index in [0.717, 1.165) is 20.9 Å². The van der Waals surface area contributed by atoms with Gasteiger partial charge in [0.2, 0.25) is 0 Å². The Morgan fingerprint density at radius 3 is 2.68 bits per heavy atom. The third-order valence-electron chi connectivity index (χ3n) is 2.97. The average molecular weight is 323 g/mol. The number of carbonyl (C=O) groups excluding carboxylic acids is 1. The number of hydrogen-bond donors (Lipinski definition) is 1. The highest BCUT2D eigenvalue weighted by molar-refractivity contribution is 7.18. The Labute approximate surface area is 133 Å². The standard InChI is InChI=1S/C15H21N3O3S/c1-8(20-6)11-10(18-14(19)21-15(3,4)5)7-16-13-12(11)17-9(2)22-13/h7-8H,1-6H3,(H,18,19). The highest BCUT2D eigenvalue weighted by Gasteiger charge is 2.22. The topological polar surface area (TPSA) is 73.3 Å². The van der Waals surface area contributed by atoms with Crippen LogP contribution < -0.4 is 5.32 Å². The van der Waals surface area contributed by atoms with E-state index in [4.69, 9.17) is 9.47 Å². The van der Waals surface area contributed by atoms with Crippen molar-refractivity contribution in [3.63, 3.8) is 0 Å². The number of ether oxygens (including phenoxy) is 2. The molecule has 1 N–H and O–H groups in total. The van der Waals surface area contributed by atoms with E-state index in [-0.39, 0.29) is 6.10 Å². The van der Waals surface area contributed by atoms with Crippen molar-refractivity contribution < 1.29 is 14.3 Å². The largest absolute Gasteiger partial charge is 0.444 e. The minimum absolute atomic E-state index is 0.225. The van der Waals surface area contributed by atoms with E-state index in [1.807, 2.05) is 34.6 Å². The van der Waals surface area contributed by atoms with Crippen LogP contribution in [0.5, 0.6) is 0 Å². The summed E-state index contributed by atoms with van der Waals surface area (Å²) in [4.78, 5) is 21.7. The second-order valence-electron chi connectivity index (χ2n) is 5.98. The van der Waals surface area contributed by atoms with Crippen molar-refractivity contribution in [2.45, 2.75) is 46.3 Å². The molecular formula is C15H21N3O3S.